The minimum atomic E-state index is -4.60. The van der Waals surface area contributed by atoms with E-state index < -0.39 is 26.6 Å². The Hall–Kier alpha value is -1.54. The van der Waals surface area contributed by atoms with E-state index in [9.17, 15) is 19.4 Å². The molecule has 0 fully saturated rings. The molecule has 0 heterocycles. The van der Waals surface area contributed by atoms with Crippen LogP contribution in [0.2, 0.25) is 0 Å². The molecular weight excluding hydrogens is 792 g/mol. The number of nitrogens with zero attached hydrogens (tertiary/aromatic N) is 1. The maximum atomic E-state index is 12.9. The molecule has 0 bridgehead atoms. The number of hydrogen-bond donors (Lipinski definition) is 2. The van der Waals surface area contributed by atoms with Gasteiger partial charge in [-0.1, -0.05) is 210 Å². The number of unbranched alkanes of at least 4 members (excludes halogenated alkanes) is 28. The van der Waals surface area contributed by atoms with Crippen molar-refractivity contribution in [1.29, 1.82) is 0 Å². The van der Waals surface area contributed by atoms with Gasteiger partial charge in [-0.15, -0.1) is 0 Å². The summed E-state index contributed by atoms with van der Waals surface area (Å²) >= 11 is 0. The van der Waals surface area contributed by atoms with Crippen LogP contribution < -0.4 is 10.2 Å². The van der Waals surface area contributed by atoms with E-state index >= 15 is 0 Å². The third kappa shape index (κ3) is 46.5. The first-order valence-electron chi connectivity index (χ1n) is 26.0. The SMILES string of the molecule is CCCCCCC/C=C\C/C=C\CCCCCCCCCCCC(=O)NC(COP(=O)([O-])OCC[N+](C)(C)C)C(O)/C=C/CC/C=C/CCCCCCCCCCCCCCC. The van der Waals surface area contributed by atoms with Crippen LogP contribution in [-0.2, 0) is 18.4 Å². The van der Waals surface area contributed by atoms with E-state index in [0.717, 1.165) is 44.9 Å². The quantitative estimate of drug-likeness (QED) is 0.0273. The second-order valence-electron chi connectivity index (χ2n) is 18.9. The van der Waals surface area contributed by atoms with Crippen LogP contribution in [0.15, 0.2) is 48.6 Å². The van der Waals surface area contributed by atoms with Crippen LogP contribution in [0, 0.1) is 0 Å². The lowest BCUT2D eigenvalue weighted by Gasteiger charge is -2.29. The maximum Gasteiger partial charge on any atom is 0.268 e. The zero-order valence-electron chi connectivity index (χ0n) is 41.3. The lowest BCUT2D eigenvalue weighted by atomic mass is 10.0. The smallest absolute Gasteiger partial charge is 0.268 e. The number of carbonyl (C=O) groups excluding carboxylic acids is 1. The molecule has 3 unspecified atom stereocenters. The minimum absolute atomic E-state index is 0.00806. The lowest BCUT2D eigenvalue weighted by Crippen LogP contribution is -2.45. The summed E-state index contributed by atoms with van der Waals surface area (Å²) in [6.07, 6.45) is 57.4. The van der Waals surface area contributed by atoms with Crippen molar-refractivity contribution in [1.82, 2.24) is 5.32 Å². The second-order valence-corrected chi connectivity index (χ2v) is 20.3. The molecule has 0 aromatic rings. The molecule has 0 saturated heterocycles. The Morgan fingerprint density at radius 3 is 1.40 bits per heavy atom. The average Bonchev–Trinajstić information content (AvgIpc) is 3.23. The molecule has 0 saturated carbocycles. The highest BCUT2D eigenvalue weighted by Gasteiger charge is 2.23. The molecule has 364 valence electrons. The Bertz CT molecular complexity index is 1150. The Kier molecular flexibility index (Phi) is 43.5. The molecule has 8 nitrogen and oxygen atoms in total. The van der Waals surface area contributed by atoms with Gasteiger partial charge in [0.1, 0.15) is 13.2 Å². The number of nitrogens with one attached hydrogen (secondary N) is 1. The van der Waals surface area contributed by atoms with Crippen molar-refractivity contribution in [2.75, 3.05) is 40.9 Å². The molecule has 0 spiro atoms. The molecule has 1 amide bonds. The first kappa shape index (κ1) is 60.5. The van der Waals surface area contributed by atoms with E-state index in [1.165, 1.54) is 167 Å². The second kappa shape index (κ2) is 44.7. The van der Waals surface area contributed by atoms with E-state index in [-0.39, 0.29) is 12.5 Å². The van der Waals surface area contributed by atoms with Crippen molar-refractivity contribution in [3.63, 3.8) is 0 Å². The van der Waals surface area contributed by atoms with Gasteiger partial charge in [0.25, 0.3) is 7.82 Å². The molecule has 0 radical (unpaired) electrons. The zero-order valence-corrected chi connectivity index (χ0v) is 42.2. The van der Waals surface area contributed by atoms with Crippen molar-refractivity contribution in [2.24, 2.45) is 0 Å². The van der Waals surface area contributed by atoms with Crippen molar-refractivity contribution in [3.8, 4) is 0 Å². The minimum Gasteiger partial charge on any atom is -0.756 e. The van der Waals surface area contributed by atoms with Crippen molar-refractivity contribution >= 4 is 13.7 Å². The van der Waals surface area contributed by atoms with Crippen LogP contribution in [0.5, 0.6) is 0 Å². The third-order valence-corrected chi connectivity index (χ3v) is 12.5. The fraction of sp³-hybridized carbons (Fsp3) is 0.830. The number of rotatable bonds is 47. The number of hydrogen-bond acceptors (Lipinski definition) is 6. The highest BCUT2D eigenvalue weighted by Crippen LogP contribution is 2.38. The molecule has 0 aromatic carbocycles. The van der Waals surface area contributed by atoms with E-state index in [0.29, 0.717) is 17.4 Å². The number of aliphatic hydroxyl groups excluding tert-OH is 1. The number of likely N-dealkylation sites (N-methyl/N-ethyl adjacent to an activating group) is 1. The van der Waals surface area contributed by atoms with Gasteiger partial charge in [-0.05, 0) is 64.2 Å². The number of phosphoric acid groups is 1. The van der Waals surface area contributed by atoms with E-state index in [1.807, 2.05) is 27.2 Å². The molecule has 9 heteroatoms. The number of amides is 1. The molecule has 0 aromatic heterocycles. The molecule has 0 aliphatic rings. The van der Waals surface area contributed by atoms with Gasteiger partial charge >= 0.3 is 0 Å². The van der Waals surface area contributed by atoms with E-state index in [4.69, 9.17) is 9.05 Å². The first-order valence-corrected chi connectivity index (χ1v) is 27.5. The number of aliphatic hydroxyl groups is 1. The Balaban J connectivity index is 4.36. The summed E-state index contributed by atoms with van der Waals surface area (Å²) in [5, 5.41) is 13.8. The molecular formula is C53H101N2O6P. The van der Waals surface area contributed by atoms with Crippen LogP contribution in [-0.4, -0.2) is 68.5 Å². The number of quaternary nitrogens is 1. The summed E-state index contributed by atoms with van der Waals surface area (Å²) in [5.74, 6) is -0.211. The molecule has 0 aliphatic carbocycles. The predicted octanol–water partition coefficient (Wildman–Crippen LogP) is 14.6. The maximum absolute atomic E-state index is 12.9. The summed E-state index contributed by atoms with van der Waals surface area (Å²) in [7, 11) is 1.24. The summed E-state index contributed by atoms with van der Waals surface area (Å²) in [5.41, 5.74) is 0. The van der Waals surface area contributed by atoms with Crippen molar-refractivity contribution < 1.29 is 32.9 Å². The van der Waals surface area contributed by atoms with Gasteiger partial charge in [0.15, 0.2) is 0 Å². The Labute approximate surface area is 384 Å². The third-order valence-electron chi connectivity index (χ3n) is 11.5. The van der Waals surface area contributed by atoms with Crippen LogP contribution in [0.25, 0.3) is 0 Å². The average molecular weight is 893 g/mol. The summed E-state index contributed by atoms with van der Waals surface area (Å²) < 4.78 is 23.3. The van der Waals surface area contributed by atoms with E-state index in [1.54, 1.807) is 6.08 Å². The van der Waals surface area contributed by atoms with Crippen LogP contribution >= 0.6 is 7.82 Å². The normalized spacial score (nSPS) is 14.5. The van der Waals surface area contributed by atoms with Gasteiger partial charge in [-0.2, -0.15) is 0 Å². The summed E-state index contributed by atoms with van der Waals surface area (Å²) in [6.45, 7) is 4.63. The monoisotopic (exact) mass is 893 g/mol. The molecule has 2 N–H and O–H groups in total. The van der Waals surface area contributed by atoms with Crippen molar-refractivity contribution in [2.45, 2.75) is 244 Å². The van der Waals surface area contributed by atoms with Crippen LogP contribution in [0.4, 0.5) is 0 Å². The van der Waals surface area contributed by atoms with Crippen LogP contribution in [0.3, 0.4) is 0 Å². The summed E-state index contributed by atoms with van der Waals surface area (Å²) in [6, 6.07) is -0.906. The van der Waals surface area contributed by atoms with Gasteiger partial charge in [-0.3, -0.25) is 9.36 Å². The molecule has 0 aliphatic heterocycles. The Morgan fingerprint density at radius 2 is 0.952 bits per heavy atom. The number of carbonyl (C=O) groups is 1. The van der Waals surface area contributed by atoms with Gasteiger partial charge < -0.3 is 28.8 Å². The molecule has 0 rings (SSSR count). The topological polar surface area (TPSA) is 108 Å². The fourth-order valence-corrected chi connectivity index (χ4v) is 8.10. The molecule has 62 heavy (non-hydrogen) atoms. The highest BCUT2D eigenvalue weighted by atomic mass is 31.2. The lowest BCUT2D eigenvalue weighted by molar-refractivity contribution is -0.870. The van der Waals surface area contributed by atoms with Gasteiger partial charge in [0, 0.05) is 6.42 Å². The van der Waals surface area contributed by atoms with Crippen molar-refractivity contribution in [3.05, 3.63) is 48.6 Å². The highest BCUT2D eigenvalue weighted by molar-refractivity contribution is 7.45. The summed E-state index contributed by atoms with van der Waals surface area (Å²) in [4.78, 5) is 25.4. The van der Waals surface area contributed by atoms with Crippen LogP contribution in [0.1, 0.15) is 232 Å². The largest absolute Gasteiger partial charge is 0.756 e. The predicted molar refractivity (Wildman–Crippen MR) is 265 cm³/mol. The standard InChI is InChI=1S/C53H101N2O6P/c1-6-8-10-12-14-16-18-20-22-24-26-27-29-31-33-35-37-39-41-43-45-47-53(57)54-51(50-61-62(58,59)60-49-48-55(3,4)5)52(56)46-44-42-40-38-36-34-32-30-28-25-23-21-19-17-15-13-11-9-7-2/h18,20,24,26,36,38,44,46,51-52,56H,6-17,19,21-23,25,27-35,37,39-43,45,47-50H2,1-5H3,(H-,54,57,58,59)/b20-18-,26-24-,38-36+,46-44+. The zero-order chi connectivity index (χ0) is 45.7. The Morgan fingerprint density at radius 1 is 0.565 bits per heavy atom. The van der Waals surface area contributed by atoms with Gasteiger partial charge in [0.05, 0.1) is 39.9 Å². The number of phosphoric ester groups is 1. The van der Waals surface area contributed by atoms with Gasteiger partial charge in [0.2, 0.25) is 5.91 Å². The van der Waals surface area contributed by atoms with E-state index in [2.05, 4.69) is 55.6 Å². The number of allylic oxidation sites excluding steroid dienone is 7. The fourth-order valence-electron chi connectivity index (χ4n) is 7.38. The molecule has 3 atom stereocenters. The van der Waals surface area contributed by atoms with Gasteiger partial charge in [-0.25, -0.2) is 0 Å². The first-order chi connectivity index (χ1) is 30.0.